The Balaban J connectivity index is 1.96. The SMILES string of the molecule is CC1(C)C[C@@]2(C)C[C@@H]1[C@H](c1cncc(C(N)=S)n1)C2. The fourth-order valence-electron chi connectivity index (χ4n) is 4.62. The molecule has 0 saturated heterocycles. The van der Waals surface area contributed by atoms with Crippen LogP contribution >= 0.6 is 12.2 Å². The van der Waals surface area contributed by atoms with Crippen molar-refractivity contribution >= 4 is 17.2 Å². The summed E-state index contributed by atoms with van der Waals surface area (Å²) in [5.74, 6) is 1.21. The molecule has 2 fully saturated rings. The van der Waals surface area contributed by atoms with Crippen molar-refractivity contribution in [3.05, 3.63) is 23.8 Å². The summed E-state index contributed by atoms with van der Waals surface area (Å²) >= 11 is 5.01. The number of aromatic nitrogens is 2. The van der Waals surface area contributed by atoms with Gasteiger partial charge in [-0.15, -0.1) is 0 Å². The molecule has 0 unspecified atom stereocenters. The standard InChI is InChI=1S/C15H21N3S/c1-14(2)8-15(3)4-9(10(14)5-15)11-6-17-7-12(18-11)13(16)19/h6-7,9-10H,4-5,8H2,1-3H3,(H2,16,19)/t9-,10-,15-/m1/s1. The first kappa shape index (κ1) is 13.0. The molecule has 1 heterocycles. The summed E-state index contributed by atoms with van der Waals surface area (Å²) < 4.78 is 0. The second kappa shape index (κ2) is 3.98. The average molecular weight is 275 g/mol. The normalized spacial score (nSPS) is 35.5. The lowest BCUT2D eigenvalue weighted by atomic mass is 9.67. The Hall–Kier alpha value is -1.03. The number of nitrogens with zero attached hydrogens (tertiary/aromatic N) is 2. The van der Waals surface area contributed by atoms with Gasteiger partial charge in [-0.1, -0.05) is 33.0 Å². The Morgan fingerprint density at radius 3 is 2.63 bits per heavy atom. The summed E-state index contributed by atoms with van der Waals surface area (Å²) in [5.41, 5.74) is 8.27. The van der Waals surface area contributed by atoms with E-state index in [-0.39, 0.29) is 0 Å². The van der Waals surface area contributed by atoms with Gasteiger partial charge in [-0.2, -0.15) is 0 Å². The largest absolute Gasteiger partial charge is 0.388 e. The third-order valence-electron chi connectivity index (χ3n) is 5.08. The first-order valence-electron chi connectivity index (χ1n) is 6.93. The lowest BCUT2D eigenvalue weighted by molar-refractivity contribution is 0.157. The second-order valence-corrected chi connectivity index (χ2v) is 7.73. The molecule has 0 spiro atoms. The predicted octanol–water partition coefficient (Wildman–Crippen LogP) is 3.04. The van der Waals surface area contributed by atoms with E-state index in [0.717, 1.165) is 5.69 Å². The fraction of sp³-hybridized carbons (Fsp3) is 0.667. The van der Waals surface area contributed by atoms with Gasteiger partial charge in [0.15, 0.2) is 0 Å². The molecular formula is C15H21N3S. The summed E-state index contributed by atoms with van der Waals surface area (Å²) in [4.78, 5) is 9.25. The predicted molar refractivity (Wildman–Crippen MR) is 79.9 cm³/mol. The van der Waals surface area contributed by atoms with Crippen LogP contribution in [0.3, 0.4) is 0 Å². The molecule has 2 aliphatic rings. The lowest BCUT2D eigenvalue weighted by Gasteiger charge is -2.38. The van der Waals surface area contributed by atoms with E-state index in [1.807, 2.05) is 6.20 Å². The molecule has 0 radical (unpaired) electrons. The molecule has 1 aromatic heterocycles. The van der Waals surface area contributed by atoms with Crippen LogP contribution in [0.15, 0.2) is 12.4 Å². The Bertz CT molecular complexity index is 537. The van der Waals surface area contributed by atoms with Gasteiger partial charge in [-0.25, -0.2) is 4.98 Å². The minimum Gasteiger partial charge on any atom is -0.388 e. The molecule has 0 amide bonds. The average Bonchev–Trinajstić information content (AvgIpc) is 2.77. The molecule has 3 nitrogen and oxygen atoms in total. The van der Waals surface area contributed by atoms with Crippen molar-refractivity contribution in [2.45, 2.75) is 46.0 Å². The lowest BCUT2D eigenvalue weighted by Crippen LogP contribution is -2.29. The van der Waals surface area contributed by atoms with Gasteiger partial charge in [-0.3, -0.25) is 4.98 Å². The molecule has 2 bridgehead atoms. The van der Waals surface area contributed by atoms with Gasteiger partial charge < -0.3 is 5.73 Å². The van der Waals surface area contributed by atoms with Crippen molar-refractivity contribution in [1.29, 1.82) is 0 Å². The Kier molecular flexibility index (Phi) is 2.72. The van der Waals surface area contributed by atoms with E-state index in [1.54, 1.807) is 6.20 Å². The number of nitrogens with two attached hydrogens (primary N) is 1. The number of rotatable bonds is 2. The highest BCUT2D eigenvalue weighted by atomic mass is 32.1. The molecule has 3 atom stereocenters. The highest BCUT2D eigenvalue weighted by Gasteiger charge is 2.57. The zero-order chi connectivity index (χ0) is 13.8. The summed E-state index contributed by atoms with van der Waals surface area (Å²) in [6.45, 7) is 7.19. The van der Waals surface area contributed by atoms with Crippen LogP contribution in [-0.2, 0) is 0 Å². The Morgan fingerprint density at radius 1 is 1.32 bits per heavy atom. The van der Waals surface area contributed by atoms with Crippen LogP contribution in [0.1, 0.15) is 57.3 Å². The van der Waals surface area contributed by atoms with Crippen LogP contribution in [0, 0.1) is 16.7 Å². The highest BCUT2D eigenvalue weighted by molar-refractivity contribution is 7.80. The van der Waals surface area contributed by atoms with Crippen molar-refractivity contribution in [3.8, 4) is 0 Å². The number of fused-ring (bicyclic) bond motifs is 2. The van der Waals surface area contributed by atoms with Gasteiger partial charge in [0.2, 0.25) is 0 Å². The van der Waals surface area contributed by atoms with Crippen LogP contribution in [0.5, 0.6) is 0 Å². The highest BCUT2D eigenvalue weighted by Crippen LogP contribution is 2.67. The minimum atomic E-state index is 0.336. The number of hydrogen-bond donors (Lipinski definition) is 1. The van der Waals surface area contributed by atoms with Gasteiger partial charge in [-0.05, 0) is 36.0 Å². The number of thiocarbonyl (C=S) groups is 1. The molecule has 0 aromatic carbocycles. The van der Waals surface area contributed by atoms with E-state index >= 15 is 0 Å². The van der Waals surface area contributed by atoms with Gasteiger partial charge in [0.25, 0.3) is 0 Å². The van der Waals surface area contributed by atoms with E-state index < -0.39 is 0 Å². The first-order valence-corrected chi connectivity index (χ1v) is 7.33. The molecule has 2 aliphatic carbocycles. The molecule has 3 rings (SSSR count). The zero-order valence-corrected chi connectivity index (χ0v) is 12.6. The first-order chi connectivity index (χ1) is 8.81. The molecule has 2 N–H and O–H groups in total. The molecular weight excluding hydrogens is 254 g/mol. The monoisotopic (exact) mass is 275 g/mol. The zero-order valence-electron chi connectivity index (χ0n) is 11.8. The number of hydrogen-bond acceptors (Lipinski definition) is 3. The van der Waals surface area contributed by atoms with E-state index in [2.05, 4.69) is 30.7 Å². The van der Waals surface area contributed by atoms with Gasteiger partial charge >= 0.3 is 0 Å². The van der Waals surface area contributed by atoms with Crippen molar-refractivity contribution in [2.24, 2.45) is 22.5 Å². The maximum Gasteiger partial charge on any atom is 0.124 e. The van der Waals surface area contributed by atoms with Crippen LogP contribution in [-0.4, -0.2) is 15.0 Å². The molecule has 4 heteroatoms. The van der Waals surface area contributed by atoms with Gasteiger partial charge in [0, 0.05) is 12.1 Å². The quantitative estimate of drug-likeness (QED) is 0.843. The Labute approximate surface area is 120 Å². The van der Waals surface area contributed by atoms with Crippen LogP contribution in [0.25, 0.3) is 0 Å². The van der Waals surface area contributed by atoms with E-state index in [1.165, 1.54) is 19.3 Å². The summed E-state index contributed by atoms with van der Waals surface area (Å²) in [6, 6.07) is 0. The molecule has 1 aromatic rings. The molecule has 2 saturated carbocycles. The van der Waals surface area contributed by atoms with Crippen LogP contribution in [0.4, 0.5) is 0 Å². The van der Waals surface area contributed by atoms with Crippen molar-refractivity contribution in [1.82, 2.24) is 9.97 Å². The summed E-state index contributed by atoms with van der Waals surface area (Å²) in [7, 11) is 0. The van der Waals surface area contributed by atoms with Crippen molar-refractivity contribution < 1.29 is 0 Å². The van der Waals surface area contributed by atoms with Gasteiger partial charge in [0.05, 0.1) is 11.9 Å². The smallest absolute Gasteiger partial charge is 0.124 e. The maximum absolute atomic E-state index is 5.67. The van der Waals surface area contributed by atoms with E-state index in [9.17, 15) is 0 Å². The second-order valence-electron chi connectivity index (χ2n) is 7.29. The van der Waals surface area contributed by atoms with E-state index in [4.69, 9.17) is 18.0 Å². The maximum atomic E-state index is 5.67. The summed E-state index contributed by atoms with van der Waals surface area (Å²) in [6.07, 6.45) is 7.41. The van der Waals surface area contributed by atoms with Crippen LogP contribution < -0.4 is 5.73 Å². The van der Waals surface area contributed by atoms with Gasteiger partial charge in [0.1, 0.15) is 10.7 Å². The van der Waals surface area contributed by atoms with Crippen molar-refractivity contribution in [2.75, 3.05) is 0 Å². The third kappa shape index (κ3) is 2.06. The van der Waals surface area contributed by atoms with E-state index in [0.29, 0.717) is 33.3 Å². The molecule has 19 heavy (non-hydrogen) atoms. The van der Waals surface area contributed by atoms with Crippen molar-refractivity contribution in [3.63, 3.8) is 0 Å². The Morgan fingerprint density at radius 2 is 2.05 bits per heavy atom. The fourth-order valence-corrected chi connectivity index (χ4v) is 4.71. The topological polar surface area (TPSA) is 51.8 Å². The molecule has 0 aliphatic heterocycles. The summed E-state index contributed by atoms with van der Waals surface area (Å²) in [5, 5.41) is 0. The minimum absolute atomic E-state index is 0.336. The third-order valence-corrected chi connectivity index (χ3v) is 5.29. The van der Waals surface area contributed by atoms with Crippen LogP contribution in [0.2, 0.25) is 0 Å². The molecule has 102 valence electrons.